The van der Waals surface area contributed by atoms with Crippen molar-refractivity contribution in [1.29, 1.82) is 0 Å². The number of rotatable bonds is 5. The number of likely N-dealkylation sites (tertiary alicyclic amines) is 1. The van der Waals surface area contributed by atoms with Gasteiger partial charge in [-0.15, -0.1) is 10.2 Å². The molecule has 0 atom stereocenters. The predicted octanol–water partition coefficient (Wildman–Crippen LogP) is 0.851. The van der Waals surface area contributed by atoms with Gasteiger partial charge >= 0.3 is 5.69 Å². The van der Waals surface area contributed by atoms with Crippen LogP contribution in [0.2, 0.25) is 0 Å². The third-order valence-electron chi connectivity index (χ3n) is 4.67. The summed E-state index contributed by atoms with van der Waals surface area (Å²) in [5.74, 6) is 0.597. The molecule has 3 rings (SSSR count). The van der Waals surface area contributed by atoms with Crippen LogP contribution < -0.4 is 11.2 Å². The number of carbonyl (C=O) groups excluding carboxylic acids is 1. The van der Waals surface area contributed by atoms with Crippen LogP contribution in [0.3, 0.4) is 0 Å². The second-order valence-electron chi connectivity index (χ2n) is 6.62. The summed E-state index contributed by atoms with van der Waals surface area (Å²) in [5, 5.41) is 8.19. The average Bonchev–Trinajstić information content (AvgIpc) is 2.91. The molecule has 0 aliphatic carbocycles. The number of nitrogens with one attached hydrogen (secondary N) is 1. The summed E-state index contributed by atoms with van der Waals surface area (Å²) in [4.78, 5) is 40.7. The second-order valence-corrected chi connectivity index (χ2v) is 7.55. The molecule has 0 saturated carbocycles. The number of hydrogen-bond acceptors (Lipinski definition) is 7. The first-order valence-corrected chi connectivity index (χ1v) is 9.96. The fourth-order valence-corrected chi connectivity index (χ4v) is 3.72. The topological polar surface area (TPSA) is 114 Å². The lowest BCUT2D eigenvalue weighted by atomic mass is 10.2. The molecule has 1 saturated heterocycles. The van der Waals surface area contributed by atoms with Crippen molar-refractivity contribution in [3.05, 3.63) is 38.0 Å². The van der Waals surface area contributed by atoms with Crippen molar-refractivity contribution in [2.75, 3.05) is 18.8 Å². The summed E-state index contributed by atoms with van der Waals surface area (Å²) in [6.45, 7) is 3.27. The first kappa shape index (κ1) is 19.4. The van der Waals surface area contributed by atoms with E-state index < -0.39 is 5.69 Å². The van der Waals surface area contributed by atoms with Crippen LogP contribution in [0.1, 0.15) is 42.8 Å². The molecule has 1 aliphatic heterocycles. The van der Waals surface area contributed by atoms with Gasteiger partial charge < -0.3 is 14.3 Å². The summed E-state index contributed by atoms with van der Waals surface area (Å²) in [6.07, 6.45) is 4.58. The Morgan fingerprint density at radius 1 is 1.19 bits per heavy atom. The maximum Gasteiger partial charge on any atom is 0.328 e. The molecule has 2 aromatic rings. The number of thioether (sulfide) groups is 1. The molecule has 1 amide bonds. The minimum Gasteiger partial charge on any atom is -0.416 e. The van der Waals surface area contributed by atoms with Gasteiger partial charge in [0.25, 0.3) is 10.8 Å². The Hall–Kier alpha value is -2.36. The summed E-state index contributed by atoms with van der Waals surface area (Å²) in [7, 11) is 1.41. The predicted molar refractivity (Wildman–Crippen MR) is 99.9 cm³/mol. The Balaban J connectivity index is 1.62. The largest absolute Gasteiger partial charge is 0.416 e. The van der Waals surface area contributed by atoms with Crippen molar-refractivity contribution in [2.45, 2.75) is 44.3 Å². The highest BCUT2D eigenvalue weighted by Crippen LogP contribution is 2.19. The number of aromatic nitrogens is 4. The van der Waals surface area contributed by atoms with Crippen LogP contribution in [0.5, 0.6) is 0 Å². The molecule has 1 N–H and O–H groups in total. The minimum atomic E-state index is -0.463. The van der Waals surface area contributed by atoms with Crippen LogP contribution in [0.15, 0.2) is 19.2 Å². The molecule has 1 fully saturated rings. The summed E-state index contributed by atoms with van der Waals surface area (Å²) < 4.78 is 6.57. The average molecular weight is 393 g/mol. The Kier molecular flexibility index (Phi) is 6.15. The Labute approximate surface area is 160 Å². The normalized spacial score (nSPS) is 15.0. The van der Waals surface area contributed by atoms with E-state index >= 15 is 0 Å². The lowest BCUT2D eigenvalue weighted by Gasteiger charge is -2.19. The number of carbonyl (C=O) groups is 1. The van der Waals surface area contributed by atoms with Gasteiger partial charge in [0.15, 0.2) is 0 Å². The fraction of sp³-hybridized carbons (Fsp3) is 0.588. The van der Waals surface area contributed by atoms with E-state index in [2.05, 4.69) is 15.2 Å². The van der Waals surface area contributed by atoms with Crippen LogP contribution in [0, 0.1) is 6.92 Å². The lowest BCUT2D eigenvalue weighted by Crippen LogP contribution is -2.36. The monoisotopic (exact) mass is 393 g/mol. The van der Waals surface area contributed by atoms with Crippen LogP contribution in [0.4, 0.5) is 0 Å². The molecule has 0 unspecified atom stereocenters. The number of aryl methyl sites for hydroxylation is 1. The zero-order valence-corrected chi connectivity index (χ0v) is 16.3. The van der Waals surface area contributed by atoms with Gasteiger partial charge in [0.2, 0.25) is 11.8 Å². The fourth-order valence-electron chi connectivity index (χ4n) is 3.04. The van der Waals surface area contributed by atoms with Crippen LogP contribution in [-0.2, 0) is 18.3 Å². The van der Waals surface area contributed by atoms with Gasteiger partial charge in [-0.3, -0.25) is 14.2 Å². The lowest BCUT2D eigenvalue weighted by molar-refractivity contribution is -0.128. The highest BCUT2D eigenvalue weighted by molar-refractivity contribution is 7.99. The third-order valence-corrected chi connectivity index (χ3v) is 5.47. The molecule has 3 heterocycles. The molecular weight excluding hydrogens is 370 g/mol. The summed E-state index contributed by atoms with van der Waals surface area (Å²) >= 11 is 1.20. The van der Waals surface area contributed by atoms with E-state index in [1.807, 2.05) is 4.90 Å². The second kappa shape index (κ2) is 8.55. The molecule has 0 radical (unpaired) electrons. The number of nitrogens with zero attached hydrogens (tertiary/aromatic N) is 4. The van der Waals surface area contributed by atoms with E-state index in [0.717, 1.165) is 30.5 Å². The molecule has 146 valence electrons. The van der Waals surface area contributed by atoms with Gasteiger partial charge in [0, 0.05) is 31.4 Å². The van der Waals surface area contributed by atoms with Crippen LogP contribution in [-0.4, -0.2) is 49.4 Å². The van der Waals surface area contributed by atoms with E-state index in [1.54, 1.807) is 6.92 Å². The zero-order chi connectivity index (χ0) is 19.4. The smallest absolute Gasteiger partial charge is 0.328 e. The molecular formula is C17H23N5O4S. The van der Waals surface area contributed by atoms with Crippen LogP contribution in [0.25, 0.3) is 0 Å². The van der Waals surface area contributed by atoms with Crippen molar-refractivity contribution in [3.63, 3.8) is 0 Å². The number of amides is 1. The van der Waals surface area contributed by atoms with E-state index in [9.17, 15) is 14.4 Å². The van der Waals surface area contributed by atoms with Gasteiger partial charge in [0.1, 0.15) is 0 Å². The standard InChI is InChI=1S/C17H23N5O4S/c1-11-12(15(24)21(2)16(25)18-11)9-13-19-20-17(26-13)27-10-14(23)22-7-5-3-4-6-8-22/h3-10H2,1-2H3,(H,18,25). The van der Waals surface area contributed by atoms with Gasteiger partial charge in [-0.25, -0.2) is 4.79 Å². The quantitative estimate of drug-likeness (QED) is 0.749. The van der Waals surface area contributed by atoms with E-state index in [-0.39, 0.29) is 29.5 Å². The zero-order valence-electron chi connectivity index (χ0n) is 15.5. The van der Waals surface area contributed by atoms with Gasteiger partial charge in [-0.2, -0.15) is 0 Å². The number of hydrogen-bond donors (Lipinski definition) is 1. The third kappa shape index (κ3) is 4.68. The SMILES string of the molecule is Cc1[nH]c(=O)n(C)c(=O)c1Cc1nnc(SCC(=O)N2CCCCCC2)o1. The van der Waals surface area contributed by atoms with Crippen molar-refractivity contribution >= 4 is 17.7 Å². The Morgan fingerprint density at radius 2 is 1.89 bits per heavy atom. The van der Waals surface area contributed by atoms with Crippen molar-refractivity contribution < 1.29 is 9.21 Å². The van der Waals surface area contributed by atoms with Crippen molar-refractivity contribution in [2.24, 2.45) is 7.05 Å². The maximum atomic E-state index is 12.3. The van der Waals surface area contributed by atoms with Gasteiger partial charge in [-0.05, 0) is 19.8 Å². The molecule has 0 bridgehead atoms. The first-order valence-electron chi connectivity index (χ1n) is 8.97. The summed E-state index contributed by atoms with van der Waals surface area (Å²) in [5.41, 5.74) is 0.0276. The molecule has 9 nitrogen and oxygen atoms in total. The van der Waals surface area contributed by atoms with E-state index in [4.69, 9.17) is 4.42 Å². The Bertz CT molecular complexity index is 924. The summed E-state index contributed by atoms with van der Waals surface area (Å²) in [6, 6.07) is 0. The molecule has 1 aliphatic rings. The molecule has 27 heavy (non-hydrogen) atoms. The molecule has 10 heteroatoms. The van der Waals surface area contributed by atoms with E-state index in [0.29, 0.717) is 16.5 Å². The first-order chi connectivity index (χ1) is 13.0. The van der Waals surface area contributed by atoms with Crippen molar-refractivity contribution in [1.82, 2.24) is 24.6 Å². The van der Waals surface area contributed by atoms with Crippen molar-refractivity contribution in [3.8, 4) is 0 Å². The number of aromatic amines is 1. The van der Waals surface area contributed by atoms with Crippen LogP contribution >= 0.6 is 11.8 Å². The number of H-pyrrole nitrogens is 1. The molecule has 0 aromatic carbocycles. The maximum absolute atomic E-state index is 12.3. The van der Waals surface area contributed by atoms with E-state index in [1.165, 1.54) is 31.7 Å². The highest BCUT2D eigenvalue weighted by Gasteiger charge is 2.18. The molecule has 0 spiro atoms. The minimum absolute atomic E-state index is 0.0759. The Morgan fingerprint density at radius 3 is 2.59 bits per heavy atom. The van der Waals surface area contributed by atoms with Gasteiger partial charge in [0.05, 0.1) is 12.2 Å². The molecule has 2 aromatic heterocycles. The highest BCUT2D eigenvalue weighted by atomic mass is 32.2. The van der Waals surface area contributed by atoms with Gasteiger partial charge in [-0.1, -0.05) is 24.6 Å².